The molecule has 0 amide bonds. The van der Waals surface area contributed by atoms with Crippen LogP contribution in [0.15, 0.2) is 30.7 Å². The van der Waals surface area contributed by atoms with Crippen LogP contribution < -0.4 is 5.73 Å². The van der Waals surface area contributed by atoms with Gasteiger partial charge in [0.2, 0.25) is 0 Å². The summed E-state index contributed by atoms with van der Waals surface area (Å²) in [6.07, 6.45) is 3.57. The predicted molar refractivity (Wildman–Crippen MR) is 66.2 cm³/mol. The second-order valence-corrected chi connectivity index (χ2v) is 4.03. The molecular formula is C12H13N5. The van der Waals surface area contributed by atoms with Gasteiger partial charge in [0.25, 0.3) is 0 Å². The predicted octanol–water partition coefficient (Wildman–Crippen LogP) is 1.42. The molecule has 0 atom stereocenters. The Balaban J connectivity index is 2.18. The van der Waals surface area contributed by atoms with Crippen LogP contribution in [0.4, 0.5) is 0 Å². The Morgan fingerprint density at radius 2 is 2.29 bits per heavy atom. The molecule has 3 rings (SSSR count). The van der Waals surface area contributed by atoms with E-state index in [2.05, 4.69) is 27.3 Å². The van der Waals surface area contributed by atoms with Crippen LogP contribution in [0.2, 0.25) is 0 Å². The maximum atomic E-state index is 5.67. The van der Waals surface area contributed by atoms with Gasteiger partial charge in [0.15, 0.2) is 0 Å². The number of H-pyrrole nitrogens is 1. The van der Waals surface area contributed by atoms with Crippen molar-refractivity contribution in [3.8, 4) is 11.3 Å². The topological polar surface area (TPSA) is 72.5 Å². The second kappa shape index (κ2) is 3.71. The minimum absolute atomic E-state index is 0.478. The van der Waals surface area contributed by atoms with E-state index in [9.17, 15) is 0 Å². The first-order valence-electron chi connectivity index (χ1n) is 5.43. The van der Waals surface area contributed by atoms with Gasteiger partial charge in [0.05, 0.1) is 29.3 Å². The zero-order valence-electron chi connectivity index (χ0n) is 9.51. The molecule has 86 valence electrons. The fourth-order valence-electron chi connectivity index (χ4n) is 2.01. The van der Waals surface area contributed by atoms with Crippen LogP contribution in [0.5, 0.6) is 0 Å². The first-order chi connectivity index (χ1) is 8.29. The van der Waals surface area contributed by atoms with Crippen LogP contribution in [0, 0.1) is 0 Å². The molecule has 0 aliphatic heterocycles. The molecular weight excluding hydrogens is 214 g/mol. The minimum Gasteiger partial charge on any atom is -0.334 e. The van der Waals surface area contributed by atoms with Crippen LogP contribution in [-0.4, -0.2) is 19.7 Å². The molecule has 17 heavy (non-hydrogen) atoms. The Labute approximate surface area is 98.3 Å². The summed E-state index contributed by atoms with van der Waals surface area (Å²) < 4.78 is 2.00. The first-order valence-corrected chi connectivity index (χ1v) is 5.43. The monoisotopic (exact) mass is 227 g/mol. The maximum absolute atomic E-state index is 5.67. The minimum atomic E-state index is 0.478. The number of nitrogens with two attached hydrogens (primary N) is 1. The number of hydrogen-bond donors (Lipinski definition) is 2. The van der Waals surface area contributed by atoms with Crippen molar-refractivity contribution in [2.75, 3.05) is 0 Å². The Hall–Kier alpha value is -2.14. The van der Waals surface area contributed by atoms with Gasteiger partial charge in [0, 0.05) is 24.7 Å². The highest BCUT2D eigenvalue weighted by molar-refractivity contribution is 5.81. The molecule has 0 saturated heterocycles. The van der Waals surface area contributed by atoms with E-state index in [1.807, 2.05) is 24.0 Å². The smallest absolute Gasteiger partial charge is 0.0955 e. The largest absolute Gasteiger partial charge is 0.334 e. The molecule has 0 unspecified atom stereocenters. The van der Waals surface area contributed by atoms with Gasteiger partial charge in [-0.05, 0) is 12.1 Å². The van der Waals surface area contributed by atoms with Crippen LogP contribution >= 0.6 is 0 Å². The van der Waals surface area contributed by atoms with E-state index < -0.39 is 0 Å². The summed E-state index contributed by atoms with van der Waals surface area (Å²) in [6.45, 7) is 0.478. The van der Waals surface area contributed by atoms with E-state index in [-0.39, 0.29) is 0 Å². The molecule has 5 nitrogen and oxygen atoms in total. The summed E-state index contributed by atoms with van der Waals surface area (Å²) >= 11 is 0. The molecule has 0 radical (unpaired) electrons. The standard InChI is InChI=1S/C12H13N5/c1-17-7-14-10-4-8(2-3-11(10)17)12-9(5-13)6-15-16-12/h2-4,6-7H,5,13H2,1H3,(H,15,16). The average molecular weight is 227 g/mol. The van der Waals surface area contributed by atoms with Gasteiger partial charge in [-0.2, -0.15) is 5.10 Å². The molecule has 0 aliphatic carbocycles. The molecule has 0 fully saturated rings. The number of nitrogens with zero attached hydrogens (tertiary/aromatic N) is 3. The lowest BCUT2D eigenvalue weighted by Gasteiger charge is -2.01. The highest BCUT2D eigenvalue weighted by atomic mass is 15.1. The lowest BCUT2D eigenvalue weighted by molar-refractivity contribution is 0.947. The molecule has 0 bridgehead atoms. The molecule has 5 heteroatoms. The number of benzene rings is 1. The maximum Gasteiger partial charge on any atom is 0.0955 e. The summed E-state index contributed by atoms with van der Waals surface area (Å²) in [6, 6.07) is 6.15. The normalized spacial score (nSPS) is 11.2. The Morgan fingerprint density at radius 1 is 1.41 bits per heavy atom. The van der Waals surface area contributed by atoms with Gasteiger partial charge in [-0.1, -0.05) is 6.07 Å². The van der Waals surface area contributed by atoms with Crippen molar-refractivity contribution in [3.05, 3.63) is 36.3 Å². The van der Waals surface area contributed by atoms with Crippen LogP contribution in [0.1, 0.15) is 5.56 Å². The summed E-state index contributed by atoms with van der Waals surface area (Å²) in [7, 11) is 1.98. The van der Waals surface area contributed by atoms with E-state index in [4.69, 9.17) is 5.73 Å². The fraction of sp³-hybridized carbons (Fsp3) is 0.167. The van der Waals surface area contributed by atoms with E-state index in [0.29, 0.717) is 6.54 Å². The molecule has 3 N–H and O–H groups in total. The Morgan fingerprint density at radius 3 is 3.12 bits per heavy atom. The number of imidazole rings is 1. The Bertz CT molecular complexity index is 664. The summed E-state index contributed by atoms with van der Waals surface area (Å²) in [5.41, 5.74) is 10.8. The summed E-state index contributed by atoms with van der Waals surface area (Å²) in [5.74, 6) is 0. The van der Waals surface area contributed by atoms with Gasteiger partial charge in [-0.3, -0.25) is 5.10 Å². The van der Waals surface area contributed by atoms with Gasteiger partial charge in [-0.25, -0.2) is 4.98 Å². The molecule has 1 aromatic carbocycles. The summed E-state index contributed by atoms with van der Waals surface area (Å²) in [5, 5.41) is 7.00. The zero-order chi connectivity index (χ0) is 11.8. The number of nitrogens with one attached hydrogen (secondary N) is 1. The van der Waals surface area contributed by atoms with E-state index in [1.54, 1.807) is 6.20 Å². The number of aryl methyl sites for hydroxylation is 1. The lowest BCUT2D eigenvalue weighted by atomic mass is 10.1. The van der Waals surface area contributed by atoms with Gasteiger partial charge in [0.1, 0.15) is 0 Å². The first kappa shape index (κ1) is 10.0. The SMILES string of the molecule is Cn1cnc2cc(-c3[nH]ncc3CN)ccc21. The third kappa shape index (κ3) is 1.52. The average Bonchev–Trinajstić information content (AvgIpc) is 2.96. The van der Waals surface area contributed by atoms with Crippen molar-refractivity contribution < 1.29 is 0 Å². The number of hydrogen-bond acceptors (Lipinski definition) is 3. The van der Waals surface area contributed by atoms with Crippen molar-refractivity contribution in [2.24, 2.45) is 12.8 Å². The van der Waals surface area contributed by atoms with Crippen molar-refractivity contribution in [2.45, 2.75) is 6.54 Å². The quantitative estimate of drug-likeness (QED) is 0.695. The number of aromatic nitrogens is 4. The van der Waals surface area contributed by atoms with Crippen LogP contribution in [0.25, 0.3) is 22.3 Å². The van der Waals surface area contributed by atoms with Crippen LogP contribution in [0.3, 0.4) is 0 Å². The molecule has 2 heterocycles. The number of fused-ring (bicyclic) bond motifs is 1. The van der Waals surface area contributed by atoms with Crippen LogP contribution in [-0.2, 0) is 13.6 Å². The van der Waals surface area contributed by atoms with E-state index in [1.165, 1.54) is 0 Å². The van der Waals surface area contributed by atoms with Crippen molar-refractivity contribution >= 4 is 11.0 Å². The Kier molecular flexibility index (Phi) is 2.19. The highest BCUT2D eigenvalue weighted by Gasteiger charge is 2.08. The van der Waals surface area contributed by atoms with Crippen molar-refractivity contribution in [1.29, 1.82) is 0 Å². The van der Waals surface area contributed by atoms with E-state index in [0.717, 1.165) is 27.9 Å². The fourth-order valence-corrected chi connectivity index (χ4v) is 2.01. The summed E-state index contributed by atoms with van der Waals surface area (Å²) in [4.78, 5) is 4.34. The highest BCUT2D eigenvalue weighted by Crippen LogP contribution is 2.24. The van der Waals surface area contributed by atoms with Crippen molar-refractivity contribution in [1.82, 2.24) is 19.7 Å². The second-order valence-electron chi connectivity index (χ2n) is 4.03. The molecule has 0 saturated carbocycles. The van der Waals surface area contributed by atoms with Crippen molar-refractivity contribution in [3.63, 3.8) is 0 Å². The number of rotatable bonds is 2. The molecule has 0 spiro atoms. The number of aromatic amines is 1. The van der Waals surface area contributed by atoms with E-state index >= 15 is 0 Å². The lowest BCUT2D eigenvalue weighted by Crippen LogP contribution is -1.96. The molecule has 2 aromatic heterocycles. The third-order valence-corrected chi connectivity index (χ3v) is 2.95. The van der Waals surface area contributed by atoms with Gasteiger partial charge in [-0.15, -0.1) is 0 Å². The van der Waals surface area contributed by atoms with Gasteiger partial charge >= 0.3 is 0 Å². The third-order valence-electron chi connectivity index (χ3n) is 2.95. The molecule has 3 aromatic rings. The zero-order valence-corrected chi connectivity index (χ0v) is 9.51. The van der Waals surface area contributed by atoms with Gasteiger partial charge < -0.3 is 10.3 Å². The molecule has 0 aliphatic rings.